The van der Waals surface area contributed by atoms with E-state index in [9.17, 15) is 5.26 Å². The summed E-state index contributed by atoms with van der Waals surface area (Å²) in [6, 6.07) is 5.82. The number of benzene rings is 1. The Morgan fingerprint density at radius 1 is 1.20 bits per heavy atom. The fraction of sp³-hybridized carbons (Fsp3) is 0.333. The summed E-state index contributed by atoms with van der Waals surface area (Å²) in [5.74, 6) is 1.00. The van der Waals surface area contributed by atoms with E-state index in [0.717, 1.165) is 22.5 Å². The van der Waals surface area contributed by atoms with E-state index in [0.29, 0.717) is 17.1 Å². The van der Waals surface area contributed by atoms with Crippen molar-refractivity contribution >= 4 is 0 Å². The molecule has 0 spiro atoms. The van der Waals surface area contributed by atoms with Gasteiger partial charge in [-0.1, -0.05) is 0 Å². The van der Waals surface area contributed by atoms with Crippen LogP contribution in [0.15, 0.2) is 12.1 Å². The molecule has 1 aromatic carbocycles. The van der Waals surface area contributed by atoms with E-state index in [1.165, 1.54) is 7.11 Å². The van der Waals surface area contributed by atoms with E-state index >= 15 is 0 Å². The lowest BCUT2D eigenvalue weighted by molar-refractivity contribution is 0.354. The Balaban J connectivity index is 2.73. The summed E-state index contributed by atoms with van der Waals surface area (Å²) in [5, 5.41) is 13.7. The molecule has 0 amide bonds. The third-order valence-electron chi connectivity index (χ3n) is 3.40. The minimum atomic E-state index is 0.449. The second-order valence-corrected chi connectivity index (χ2v) is 4.54. The van der Waals surface area contributed by atoms with Crippen molar-refractivity contribution in [1.82, 2.24) is 9.78 Å². The first kappa shape index (κ1) is 13.9. The van der Waals surface area contributed by atoms with Gasteiger partial charge in [0.15, 0.2) is 11.5 Å². The largest absolute Gasteiger partial charge is 0.493 e. The first-order valence-electron chi connectivity index (χ1n) is 6.20. The van der Waals surface area contributed by atoms with Gasteiger partial charge in [-0.2, -0.15) is 10.4 Å². The molecule has 0 saturated carbocycles. The van der Waals surface area contributed by atoms with Crippen molar-refractivity contribution in [3.63, 3.8) is 0 Å². The number of nitrogens with zero attached hydrogens (tertiary/aromatic N) is 3. The molecule has 0 aliphatic rings. The predicted molar refractivity (Wildman–Crippen MR) is 75.9 cm³/mol. The number of hydrogen-bond acceptors (Lipinski definition) is 4. The van der Waals surface area contributed by atoms with Crippen LogP contribution in [0.4, 0.5) is 0 Å². The zero-order valence-corrected chi connectivity index (χ0v) is 12.3. The van der Waals surface area contributed by atoms with E-state index in [-0.39, 0.29) is 0 Å². The standard InChI is InChI=1S/C15H17N3O2/c1-9-14(10(2)18(3)17-9)11-6-12(8-16)15(20-5)13(7-11)19-4/h6-7H,1-5H3. The van der Waals surface area contributed by atoms with E-state index < -0.39 is 0 Å². The molecule has 0 atom stereocenters. The molecule has 5 heteroatoms. The highest BCUT2D eigenvalue weighted by molar-refractivity contribution is 5.74. The summed E-state index contributed by atoms with van der Waals surface area (Å²) in [7, 11) is 4.99. The normalized spacial score (nSPS) is 10.2. The van der Waals surface area contributed by atoms with Gasteiger partial charge >= 0.3 is 0 Å². The molecule has 2 aromatic rings. The second kappa shape index (κ2) is 5.25. The SMILES string of the molecule is COc1cc(-c2c(C)nn(C)c2C)cc(C#N)c1OC. The van der Waals surface area contributed by atoms with Gasteiger partial charge in [-0.25, -0.2) is 0 Å². The molecule has 1 aromatic heterocycles. The van der Waals surface area contributed by atoms with Crippen molar-refractivity contribution in [3.8, 4) is 28.7 Å². The van der Waals surface area contributed by atoms with Crippen molar-refractivity contribution in [1.29, 1.82) is 5.26 Å². The number of rotatable bonds is 3. The Morgan fingerprint density at radius 2 is 1.90 bits per heavy atom. The van der Waals surface area contributed by atoms with E-state index in [2.05, 4.69) is 11.2 Å². The number of nitriles is 1. The molecule has 0 unspecified atom stereocenters. The third-order valence-corrected chi connectivity index (χ3v) is 3.40. The van der Waals surface area contributed by atoms with Crippen LogP contribution in [-0.2, 0) is 7.05 Å². The van der Waals surface area contributed by atoms with Crippen LogP contribution in [0, 0.1) is 25.2 Å². The van der Waals surface area contributed by atoms with Gasteiger partial charge in [0.2, 0.25) is 0 Å². The lowest BCUT2D eigenvalue weighted by Gasteiger charge is -2.12. The average Bonchev–Trinajstić information content (AvgIpc) is 2.70. The Kier molecular flexibility index (Phi) is 3.66. The van der Waals surface area contributed by atoms with E-state index in [1.54, 1.807) is 13.2 Å². The van der Waals surface area contributed by atoms with E-state index in [1.807, 2.05) is 31.6 Å². The molecule has 0 radical (unpaired) electrons. The van der Waals surface area contributed by atoms with Gasteiger partial charge in [0.25, 0.3) is 0 Å². The summed E-state index contributed by atoms with van der Waals surface area (Å²) in [6.07, 6.45) is 0. The third kappa shape index (κ3) is 2.10. The highest BCUT2D eigenvalue weighted by Gasteiger charge is 2.17. The summed E-state index contributed by atoms with van der Waals surface area (Å²) < 4.78 is 12.4. The number of aromatic nitrogens is 2. The van der Waals surface area contributed by atoms with Gasteiger partial charge < -0.3 is 9.47 Å². The lowest BCUT2D eigenvalue weighted by atomic mass is 10.0. The molecule has 0 aliphatic carbocycles. The molecular weight excluding hydrogens is 254 g/mol. The van der Waals surface area contributed by atoms with Gasteiger partial charge in [-0.15, -0.1) is 0 Å². The van der Waals surface area contributed by atoms with Crippen LogP contribution in [0.1, 0.15) is 17.0 Å². The van der Waals surface area contributed by atoms with Gasteiger partial charge in [-0.05, 0) is 31.5 Å². The Hall–Kier alpha value is -2.48. The van der Waals surface area contributed by atoms with Crippen LogP contribution in [0.25, 0.3) is 11.1 Å². The van der Waals surface area contributed by atoms with Crippen molar-refractivity contribution in [2.24, 2.45) is 7.05 Å². The van der Waals surface area contributed by atoms with Crippen LogP contribution in [0.3, 0.4) is 0 Å². The summed E-state index contributed by atoms with van der Waals surface area (Å²) in [6.45, 7) is 3.95. The van der Waals surface area contributed by atoms with Crippen LogP contribution >= 0.6 is 0 Å². The topological polar surface area (TPSA) is 60.1 Å². The summed E-state index contributed by atoms with van der Waals surface area (Å²) in [4.78, 5) is 0. The zero-order chi connectivity index (χ0) is 14.9. The second-order valence-electron chi connectivity index (χ2n) is 4.54. The minimum Gasteiger partial charge on any atom is -0.493 e. The van der Waals surface area contributed by atoms with Crippen LogP contribution in [0.5, 0.6) is 11.5 Å². The van der Waals surface area contributed by atoms with Gasteiger partial charge in [0.1, 0.15) is 6.07 Å². The molecule has 1 heterocycles. The first-order valence-corrected chi connectivity index (χ1v) is 6.20. The molecule has 0 saturated heterocycles. The Bertz CT molecular complexity index is 696. The number of ether oxygens (including phenoxy) is 2. The Labute approximate surface area is 118 Å². The van der Waals surface area contributed by atoms with Crippen molar-refractivity contribution in [2.45, 2.75) is 13.8 Å². The van der Waals surface area contributed by atoms with Crippen LogP contribution < -0.4 is 9.47 Å². The molecule has 0 aliphatic heterocycles. The van der Waals surface area contributed by atoms with Crippen molar-refractivity contribution in [2.75, 3.05) is 14.2 Å². The minimum absolute atomic E-state index is 0.449. The maximum atomic E-state index is 9.28. The first-order chi connectivity index (χ1) is 9.53. The highest BCUT2D eigenvalue weighted by Crippen LogP contribution is 2.37. The Morgan fingerprint density at radius 3 is 2.35 bits per heavy atom. The monoisotopic (exact) mass is 271 g/mol. The lowest BCUT2D eigenvalue weighted by Crippen LogP contribution is -1.96. The van der Waals surface area contributed by atoms with Gasteiger partial charge in [0.05, 0.1) is 25.5 Å². The average molecular weight is 271 g/mol. The molecule has 0 fully saturated rings. The maximum Gasteiger partial charge on any atom is 0.178 e. The van der Waals surface area contributed by atoms with Crippen LogP contribution in [-0.4, -0.2) is 24.0 Å². The molecule has 20 heavy (non-hydrogen) atoms. The number of hydrogen-bond donors (Lipinski definition) is 0. The molecule has 5 nitrogen and oxygen atoms in total. The fourth-order valence-electron chi connectivity index (χ4n) is 2.38. The van der Waals surface area contributed by atoms with Gasteiger partial charge in [-0.3, -0.25) is 4.68 Å². The van der Waals surface area contributed by atoms with Crippen molar-refractivity contribution in [3.05, 3.63) is 29.1 Å². The fourth-order valence-corrected chi connectivity index (χ4v) is 2.38. The highest BCUT2D eigenvalue weighted by atomic mass is 16.5. The number of aryl methyl sites for hydroxylation is 2. The zero-order valence-electron chi connectivity index (χ0n) is 12.3. The molecule has 0 bridgehead atoms. The quantitative estimate of drug-likeness (QED) is 0.861. The smallest absolute Gasteiger partial charge is 0.178 e. The van der Waals surface area contributed by atoms with Crippen molar-refractivity contribution < 1.29 is 9.47 Å². The number of methoxy groups -OCH3 is 2. The predicted octanol–water partition coefficient (Wildman–Crippen LogP) is 2.59. The van der Waals surface area contributed by atoms with Crippen LogP contribution in [0.2, 0.25) is 0 Å². The summed E-state index contributed by atoms with van der Waals surface area (Å²) in [5.41, 5.74) is 4.33. The molecule has 2 rings (SSSR count). The maximum absolute atomic E-state index is 9.28. The molecule has 104 valence electrons. The van der Waals surface area contributed by atoms with E-state index in [4.69, 9.17) is 9.47 Å². The van der Waals surface area contributed by atoms with Gasteiger partial charge in [0, 0.05) is 18.3 Å². The summed E-state index contributed by atoms with van der Waals surface area (Å²) >= 11 is 0. The molecular formula is C15H17N3O2. The molecule has 0 N–H and O–H groups in total.